The molecule has 2 N–H and O–H groups in total. The van der Waals surface area contributed by atoms with Crippen molar-refractivity contribution >= 4 is 17.6 Å². The molecule has 0 heterocycles. The monoisotopic (exact) mass is 486 g/mol. The van der Waals surface area contributed by atoms with Gasteiger partial charge in [-0.2, -0.15) is 13.2 Å². The SMILES string of the molecule is COCCOc1cccc(N(OC(=O)C(F)(F)F)C(=O)c2ccc(OC/C(=C/F)CN)cc2)c1. The smallest absolute Gasteiger partial charge is 0.491 e. The van der Waals surface area contributed by atoms with Crippen LogP contribution in [0, 0.1) is 0 Å². The van der Waals surface area contributed by atoms with E-state index in [1.54, 1.807) is 0 Å². The lowest BCUT2D eigenvalue weighted by Gasteiger charge is -2.22. The molecule has 0 fully saturated rings. The fourth-order valence-corrected chi connectivity index (χ4v) is 2.41. The van der Waals surface area contributed by atoms with Crippen molar-refractivity contribution in [3.63, 3.8) is 0 Å². The molecule has 34 heavy (non-hydrogen) atoms. The first-order valence-corrected chi connectivity index (χ1v) is 9.76. The Bertz CT molecular complexity index is 996. The third-order valence-corrected chi connectivity index (χ3v) is 4.14. The number of benzene rings is 2. The van der Waals surface area contributed by atoms with E-state index < -0.39 is 18.1 Å². The first kappa shape index (κ1) is 26.6. The molecule has 2 rings (SSSR count). The van der Waals surface area contributed by atoms with Gasteiger partial charge in [0.1, 0.15) is 24.7 Å². The van der Waals surface area contributed by atoms with Crippen LogP contribution in [0.5, 0.6) is 11.5 Å². The van der Waals surface area contributed by atoms with Crippen LogP contribution >= 0.6 is 0 Å². The molecule has 0 saturated carbocycles. The lowest BCUT2D eigenvalue weighted by molar-refractivity contribution is -0.199. The topological polar surface area (TPSA) is 100 Å². The van der Waals surface area contributed by atoms with Crippen LogP contribution in [-0.4, -0.2) is 51.5 Å². The molecule has 0 unspecified atom stereocenters. The van der Waals surface area contributed by atoms with Crippen molar-refractivity contribution in [1.29, 1.82) is 0 Å². The highest BCUT2D eigenvalue weighted by atomic mass is 19.4. The molecule has 0 aliphatic carbocycles. The third-order valence-electron chi connectivity index (χ3n) is 4.14. The van der Waals surface area contributed by atoms with Crippen molar-refractivity contribution in [1.82, 2.24) is 0 Å². The average molecular weight is 486 g/mol. The van der Waals surface area contributed by atoms with Crippen LogP contribution in [0.15, 0.2) is 60.4 Å². The maximum absolute atomic E-state index is 13.0. The van der Waals surface area contributed by atoms with E-state index >= 15 is 0 Å². The summed E-state index contributed by atoms with van der Waals surface area (Å²) in [7, 11) is 1.46. The maximum Gasteiger partial charge on any atom is 0.493 e. The minimum absolute atomic E-state index is 0.0547. The number of nitrogens with two attached hydrogens (primary N) is 1. The molecule has 2 aromatic rings. The van der Waals surface area contributed by atoms with Crippen LogP contribution in [0.1, 0.15) is 10.4 Å². The summed E-state index contributed by atoms with van der Waals surface area (Å²) in [6.45, 7) is 0.200. The van der Waals surface area contributed by atoms with E-state index in [2.05, 4.69) is 4.84 Å². The van der Waals surface area contributed by atoms with Gasteiger partial charge in [0.25, 0.3) is 5.91 Å². The Balaban J connectivity index is 2.28. The van der Waals surface area contributed by atoms with E-state index in [4.69, 9.17) is 19.9 Å². The number of hydroxylamine groups is 1. The molecule has 184 valence electrons. The zero-order valence-corrected chi connectivity index (χ0v) is 18.0. The average Bonchev–Trinajstić information content (AvgIpc) is 2.82. The number of nitrogens with zero attached hydrogens (tertiary/aromatic N) is 1. The number of alkyl halides is 3. The number of amides is 1. The number of methoxy groups -OCH3 is 1. The molecule has 0 spiro atoms. The Morgan fingerprint density at radius 2 is 1.74 bits per heavy atom. The number of ether oxygens (including phenoxy) is 3. The fourth-order valence-electron chi connectivity index (χ4n) is 2.41. The summed E-state index contributed by atoms with van der Waals surface area (Å²) in [5.41, 5.74) is 5.23. The number of hydrogen-bond acceptors (Lipinski definition) is 7. The summed E-state index contributed by atoms with van der Waals surface area (Å²) >= 11 is 0. The Morgan fingerprint density at radius 1 is 1.03 bits per heavy atom. The Kier molecular flexibility index (Phi) is 9.83. The van der Waals surface area contributed by atoms with E-state index in [1.165, 1.54) is 55.6 Å². The molecule has 8 nitrogen and oxygen atoms in total. The highest BCUT2D eigenvalue weighted by molar-refractivity contribution is 6.06. The molecule has 0 bridgehead atoms. The van der Waals surface area contributed by atoms with Gasteiger partial charge in [-0.25, -0.2) is 9.18 Å². The summed E-state index contributed by atoms with van der Waals surface area (Å²) in [5.74, 6) is -3.20. The molecule has 12 heteroatoms. The highest BCUT2D eigenvalue weighted by Crippen LogP contribution is 2.26. The molecular weight excluding hydrogens is 464 g/mol. The summed E-state index contributed by atoms with van der Waals surface area (Å²) in [4.78, 5) is 28.8. The summed E-state index contributed by atoms with van der Waals surface area (Å²) in [5, 5.41) is 0.216. The molecule has 0 radical (unpaired) electrons. The molecule has 0 aliphatic heterocycles. The molecular formula is C22H22F4N2O6. The van der Waals surface area contributed by atoms with E-state index in [-0.39, 0.29) is 59.8 Å². The quantitative estimate of drug-likeness (QED) is 0.311. The third kappa shape index (κ3) is 7.74. The predicted molar refractivity (Wildman–Crippen MR) is 113 cm³/mol. The predicted octanol–water partition coefficient (Wildman–Crippen LogP) is 3.57. The van der Waals surface area contributed by atoms with Crippen LogP contribution in [0.4, 0.5) is 23.2 Å². The second-order valence-electron chi connectivity index (χ2n) is 6.60. The van der Waals surface area contributed by atoms with Crippen molar-refractivity contribution < 1.29 is 46.2 Å². The van der Waals surface area contributed by atoms with Gasteiger partial charge in [-0.1, -0.05) is 6.07 Å². The van der Waals surface area contributed by atoms with Crippen LogP contribution in [0.3, 0.4) is 0 Å². The lowest BCUT2D eigenvalue weighted by Crippen LogP contribution is -2.38. The number of anilines is 1. The van der Waals surface area contributed by atoms with Crippen molar-refractivity contribution in [2.45, 2.75) is 6.18 Å². The second-order valence-corrected chi connectivity index (χ2v) is 6.60. The summed E-state index contributed by atoms with van der Waals surface area (Å²) in [6, 6.07) is 10.6. The van der Waals surface area contributed by atoms with Gasteiger partial charge in [-0.15, -0.1) is 5.06 Å². The number of hydrogen-bond donors (Lipinski definition) is 1. The van der Waals surface area contributed by atoms with Gasteiger partial charge in [0.05, 0.1) is 18.6 Å². The molecule has 0 atom stereocenters. The van der Waals surface area contributed by atoms with E-state index in [0.29, 0.717) is 6.33 Å². The van der Waals surface area contributed by atoms with Crippen LogP contribution in [0.25, 0.3) is 0 Å². The Labute approximate surface area is 192 Å². The maximum atomic E-state index is 13.0. The van der Waals surface area contributed by atoms with E-state index in [0.717, 1.165) is 0 Å². The number of carbonyl (C=O) groups is 2. The minimum Gasteiger partial charge on any atom is -0.491 e. The highest BCUT2D eigenvalue weighted by Gasteiger charge is 2.44. The van der Waals surface area contributed by atoms with Gasteiger partial charge >= 0.3 is 12.1 Å². The van der Waals surface area contributed by atoms with Crippen molar-refractivity contribution in [3.05, 3.63) is 66.0 Å². The van der Waals surface area contributed by atoms with Gasteiger partial charge in [0, 0.05) is 30.9 Å². The van der Waals surface area contributed by atoms with Crippen molar-refractivity contribution in [3.8, 4) is 11.5 Å². The second kappa shape index (κ2) is 12.6. The zero-order valence-electron chi connectivity index (χ0n) is 18.0. The van der Waals surface area contributed by atoms with E-state index in [1.807, 2.05) is 0 Å². The summed E-state index contributed by atoms with van der Waals surface area (Å²) in [6.07, 6.45) is -5.02. The normalized spacial score (nSPS) is 11.6. The van der Waals surface area contributed by atoms with Gasteiger partial charge in [-0.3, -0.25) is 4.79 Å². The number of rotatable bonds is 10. The minimum atomic E-state index is -5.34. The van der Waals surface area contributed by atoms with E-state index in [9.17, 15) is 27.2 Å². The molecule has 0 aliphatic rings. The lowest BCUT2D eigenvalue weighted by atomic mass is 10.2. The van der Waals surface area contributed by atoms with Gasteiger partial charge in [0.2, 0.25) is 0 Å². The molecule has 1 amide bonds. The number of carbonyl (C=O) groups excluding carboxylic acids is 2. The molecule has 0 aromatic heterocycles. The Morgan fingerprint density at radius 3 is 2.32 bits per heavy atom. The standard InChI is InChI=1S/C22H22F4N2O6/c1-31-9-10-32-19-4-2-3-17(11-19)28(34-21(30)22(24,25)26)20(29)16-5-7-18(8-6-16)33-14-15(12-23)13-27/h2-8,11-12H,9-10,13-14,27H2,1H3/b15-12+. The first-order chi connectivity index (χ1) is 16.2. The van der Waals surface area contributed by atoms with Crippen LogP contribution < -0.4 is 20.3 Å². The largest absolute Gasteiger partial charge is 0.493 e. The fraction of sp³-hybridized carbons (Fsp3) is 0.273. The molecule has 2 aromatic carbocycles. The molecule has 0 saturated heterocycles. The Hall–Kier alpha value is -3.64. The van der Waals surface area contributed by atoms with Gasteiger partial charge < -0.3 is 24.8 Å². The summed E-state index contributed by atoms with van der Waals surface area (Å²) < 4.78 is 66.6. The van der Waals surface area contributed by atoms with Crippen molar-refractivity contribution in [2.75, 3.05) is 38.5 Å². The first-order valence-electron chi connectivity index (χ1n) is 9.76. The van der Waals surface area contributed by atoms with Crippen LogP contribution in [-0.2, 0) is 14.4 Å². The van der Waals surface area contributed by atoms with Gasteiger partial charge in [-0.05, 0) is 36.4 Å². The van der Waals surface area contributed by atoms with Crippen LogP contribution in [0.2, 0.25) is 0 Å². The van der Waals surface area contributed by atoms with Crippen molar-refractivity contribution in [2.24, 2.45) is 5.73 Å². The number of halogens is 4. The zero-order chi connectivity index (χ0) is 25.1. The van der Waals surface area contributed by atoms with Gasteiger partial charge in [0.15, 0.2) is 0 Å².